The van der Waals surface area contributed by atoms with Gasteiger partial charge in [0.15, 0.2) is 5.75 Å². The highest BCUT2D eigenvalue weighted by Gasteiger charge is 2.19. The second kappa shape index (κ2) is 10.5. The van der Waals surface area contributed by atoms with E-state index in [4.69, 9.17) is 4.74 Å². The minimum atomic E-state index is -0.840. The molecule has 0 spiro atoms. The van der Waals surface area contributed by atoms with E-state index in [1.54, 1.807) is 24.3 Å². The predicted octanol–water partition coefficient (Wildman–Crippen LogP) is 5.03. The standard InChI is InChI=1S/C20H23I2NO4/c1-12(2)7-8-23-18(20(25)26)11-13-9-16(21)19(17(22)10-13)27-15-5-3-14(24)4-6-15/h3-6,9-10,12,18,23-24H,7-8,11H2,1-2H3,(H,25,26)/t18-/m0/s1. The molecule has 0 aliphatic heterocycles. The SMILES string of the molecule is CC(C)CCN[C@@H](Cc1cc(I)c(Oc2ccc(O)cc2)c(I)c1)C(=O)O. The van der Waals surface area contributed by atoms with Gasteiger partial charge >= 0.3 is 5.97 Å². The molecule has 2 rings (SSSR count). The summed E-state index contributed by atoms with van der Waals surface area (Å²) in [6.45, 7) is 4.93. The molecule has 0 fully saturated rings. The van der Waals surface area contributed by atoms with Crippen LogP contribution in [0.15, 0.2) is 36.4 Å². The molecule has 5 nitrogen and oxygen atoms in total. The molecule has 0 amide bonds. The summed E-state index contributed by atoms with van der Waals surface area (Å²) in [6.07, 6.45) is 1.36. The number of halogens is 2. The van der Waals surface area contributed by atoms with Crippen LogP contribution in [0.2, 0.25) is 0 Å². The maximum atomic E-state index is 11.6. The Kier molecular flexibility index (Phi) is 8.62. The van der Waals surface area contributed by atoms with Crippen molar-refractivity contribution >= 4 is 51.2 Å². The van der Waals surface area contributed by atoms with Gasteiger partial charge in [0, 0.05) is 0 Å². The number of carbonyl (C=O) groups is 1. The van der Waals surface area contributed by atoms with E-state index in [0.29, 0.717) is 24.6 Å². The van der Waals surface area contributed by atoms with Gasteiger partial charge < -0.3 is 20.3 Å². The van der Waals surface area contributed by atoms with Crippen molar-refractivity contribution in [2.75, 3.05) is 6.54 Å². The fourth-order valence-electron chi connectivity index (χ4n) is 2.49. The van der Waals surface area contributed by atoms with Crippen molar-refractivity contribution in [3.05, 3.63) is 49.1 Å². The first-order valence-electron chi connectivity index (χ1n) is 8.67. The van der Waals surface area contributed by atoms with Gasteiger partial charge in [-0.25, -0.2) is 0 Å². The van der Waals surface area contributed by atoms with Crippen LogP contribution < -0.4 is 10.1 Å². The van der Waals surface area contributed by atoms with Gasteiger partial charge in [0.25, 0.3) is 0 Å². The van der Waals surface area contributed by atoms with E-state index >= 15 is 0 Å². The number of rotatable bonds is 9. The number of phenols is 1. The second-order valence-electron chi connectivity index (χ2n) is 6.72. The van der Waals surface area contributed by atoms with Crippen LogP contribution in [0, 0.1) is 13.1 Å². The Balaban J connectivity index is 2.11. The lowest BCUT2D eigenvalue weighted by Gasteiger charge is -2.17. The Morgan fingerprint density at radius 2 is 1.74 bits per heavy atom. The van der Waals surface area contributed by atoms with Crippen molar-refractivity contribution in [1.82, 2.24) is 5.32 Å². The van der Waals surface area contributed by atoms with Crippen LogP contribution >= 0.6 is 45.2 Å². The van der Waals surface area contributed by atoms with E-state index in [0.717, 1.165) is 24.9 Å². The number of hydrogen-bond acceptors (Lipinski definition) is 4. The number of nitrogens with one attached hydrogen (secondary N) is 1. The number of carboxylic acid groups (broad SMARTS) is 1. The zero-order valence-corrected chi connectivity index (χ0v) is 19.5. The lowest BCUT2D eigenvalue weighted by Crippen LogP contribution is -2.39. The van der Waals surface area contributed by atoms with E-state index in [9.17, 15) is 15.0 Å². The molecular formula is C20H23I2NO4. The monoisotopic (exact) mass is 595 g/mol. The molecule has 3 N–H and O–H groups in total. The molecule has 27 heavy (non-hydrogen) atoms. The van der Waals surface area contributed by atoms with Crippen LogP contribution in [-0.2, 0) is 11.2 Å². The third-order valence-electron chi connectivity index (χ3n) is 3.97. The van der Waals surface area contributed by atoms with Gasteiger partial charge in [-0.05, 0) is 112 Å². The molecule has 2 aromatic carbocycles. The number of carboxylic acids is 1. The highest BCUT2D eigenvalue weighted by atomic mass is 127. The Bertz CT molecular complexity index is 755. The second-order valence-corrected chi connectivity index (χ2v) is 9.04. The van der Waals surface area contributed by atoms with Crippen LogP contribution in [0.25, 0.3) is 0 Å². The van der Waals surface area contributed by atoms with E-state index < -0.39 is 12.0 Å². The van der Waals surface area contributed by atoms with Crippen LogP contribution in [0.5, 0.6) is 17.2 Å². The molecular weight excluding hydrogens is 572 g/mol. The summed E-state index contributed by atoms with van der Waals surface area (Å²) >= 11 is 4.40. The van der Waals surface area contributed by atoms with Crippen LogP contribution in [0.3, 0.4) is 0 Å². The summed E-state index contributed by atoms with van der Waals surface area (Å²) in [5.74, 6) is 1.24. The zero-order chi connectivity index (χ0) is 20.0. The molecule has 0 bridgehead atoms. The van der Waals surface area contributed by atoms with Crippen molar-refractivity contribution < 1.29 is 19.7 Å². The molecule has 7 heteroatoms. The number of benzene rings is 2. The minimum Gasteiger partial charge on any atom is -0.508 e. The quantitative estimate of drug-likeness (QED) is 0.355. The van der Waals surface area contributed by atoms with Gasteiger partial charge in [0.2, 0.25) is 0 Å². The largest absolute Gasteiger partial charge is 0.508 e. The average Bonchev–Trinajstić information content (AvgIpc) is 2.58. The molecule has 0 saturated heterocycles. The van der Waals surface area contributed by atoms with Crippen molar-refractivity contribution in [3.8, 4) is 17.2 Å². The van der Waals surface area contributed by atoms with Gasteiger partial charge in [-0.3, -0.25) is 4.79 Å². The molecule has 0 aliphatic carbocycles. The Morgan fingerprint density at radius 1 is 1.15 bits per heavy atom. The first-order chi connectivity index (χ1) is 12.8. The third kappa shape index (κ3) is 7.11. The Labute approximate surface area is 186 Å². The van der Waals surface area contributed by atoms with Gasteiger partial charge in [-0.15, -0.1) is 0 Å². The number of phenolic OH excluding ortho intramolecular Hbond substituents is 1. The normalized spacial score (nSPS) is 12.2. The maximum Gasteiger partial charge on any atom is 0.321 e. The summed E-state index contributed by atoms with van der Waals surface area (Å²) in [5.41, 5.74) is 0.950. The van der Waals surface area contributed by atoms with Gasteiger partial charge in [0.05, 0.1) is 7.14 Å². The minimum absolute atomic E-state index is 0.187. The summed E-state index contributed by atoms with van der Waals surface area (Å²) in [7, 11) is 0. The van der Waals surface area contributed by atoms with E-state index in [1.807, 2.05) is 12.1 Å². The van der Waals surface area contributed by atoms with E-state index in [-0.39, 0.29) is 5.75 Å². The van der Waals surface area contributed by atoms with Gasteiger partial charge in [-0.2, -0.15) is 0 Å². The van der Waals surface area contributed by atoms with E-state index in [2.05, 4.69) is 64.3 Å². The summed E-state index contributed by atoms with van der Waals surface area (Å²) in [4.78, 5) is 11.6. The fourth-order valence-corrected chi connectivity index (χ4v) is 4.61. The molecule has 0 radical (unpaired) electrons. The summed E-state index contributed by atoms with van der Waals surface area (Å²) < 4.78 is 7.76. The number of hydrogen-bond donors (Lipinski definition) is 3. The van der Waals surface area contributed by atoms with Crippen molar-refractivity contribution in [3.63, 3.8) is 0 Å². The molecule has 0 unspecified atom stereocenters. The van der Waals surface area contributed by atoms with Crippen molar-refractivity contribution in [2.45, 2.75) is 32.7 Å². The van der Waals surface area contributed by atoms with Crippen molar-refractivity contribution in [2.24, 2.45) is 5.92 Å². The number of aliphatic carboxylic acids is 1. The van der Waals surface area contributed by atoms with Crippen LogP contribution in [-0.4, -0.2) is 28.8 Å². The zero-order valence-electron chi connectivity index (χ0n) is 15.2. The smallest absolute Gasteiger partial charge is 0.321 e. The third-order valence-corrected chi connectivity index (χ3v) is 5.57. The number of ether oxygens (including phenoxy) is 1. The lowest BCUT2D eigenvalue weighted by atomic mass is 10.0. The molecule has 0 aromatic heterocycles. The fraction of sp³-hybridized carbons (Fsp3) is 0.350. The maximum absolute atomic E-state index is 11.6. The molecule has 0 heterocycles. The molecule has 2 aromatic rings. The van der Waals surface area contributed by atoms with Crippen LogP contribution in [0.1, 0.15) is 25.8 Å². The van der Waals surface area contributed by atoms with Crippen molar-refractivity contribution in [1.29, 1.82) is 0 Å². The Morgan fingerprint density at radius 3 is 2.26 bits per heavy atom. The predicted molar refractivity (Wildman–Crippen MR) is 123 cm³/mol. The van der Waals surface area contributed by atoms with E-state index in [1.165, 1.54) is 0 Å². The molecule has 146 valence electrons. The summed E-state index contributed by atoms with van der Waals surface area (Å²) in [6, 6.07) is 9.85. The highest BCUT2D eigenvalue weighted by molar-refractivity contribution is 14.1. The summed E-state index contributed by atoms with van der Waals surface area (Å²) in [5, 5.41) is 22.0. The van der Waals surface area contributed by atoms with Gasteiger partial charge in [0.1, 0.15) is 17.5 Å². The molecule has 1 atom stereocenters. The van der Waals surface area contributed by atoms with Gasteiger partial charge in [-0.1, -0.05) is 13.8 Å². The molecule has 0 aliphatic rings. The Hall–Kier alpha value is -1.07. The topological polar surface area (TPSA) is 78.8 Å². The van der Waals surface area contributed by atoms with Crippen LogP contribution in [0.4, 0.5) is 0 Å². The first kappa shape index (κ1) is 22.2. The average molecular weight is 595 g/mol. The number of aromatic hydroxyl groups is 1. The first-order valence-corrected chi connectivity index (χ1v) is 10.8. The highest BCUT2D eigenvalue weighted by Crippen LogP contribution is 2.33. The lowest BCUT2D eigenvalue weighted by molar-refractivity contribution is -0.139. The molecule has 0 saturated carbocycles.